The Bertz CT molecular complexity index is 383. The van der Waals surface area contributed by atoms with E-state index in [-0.39, 0.29) is 5.91 Å². The number of hydrogen-bond donors (Lipinski definition) is 2. The molecular formula is C14H21N3O. The highest BCUT2D eigenvalue weighted by Gasteiger charge is 2.16. The van der Waals surface area contributed by atoms with Crippen LogP contribution in [0.2, 0.25) is 0 Å². The van der Waals surface area contributed by atoms with Gasteiger partial charge in [-0.3, -0.25) is 9.78 Å². The quantitative estimate of drug-likeness (QED) is 0.845. The number of amides is 1. The molecule has 0 atom stereocenters. The summed E-state index contributed by atoms with van der Waals surface area (Å²) >= 11 is 0. The van der Waals surface area contributed by atoms with Crippen molar-refractivity contribution in [1.82, 2.24) is 15.6 Å². The first-order chi connectivity index (χ1) is 8.74. The van der Waals surface area contributed by atoms with Crippen LogP contribution in [0.5, 0.6) is 0 Å². The van der Waals surface area contributed by atoms with Crippen LogP contribution < -0.4 is 10.6 Å². The molecule has 2 N–H and O–H groups in total. The second-order valence-corrected chi connectivity index (χ2v) is 4.98. The van der Waals surface area contributed by atoms with Crippen LogP contribution in [-0.2, 0) is 11.3 Å². The Balaban J connectivity index is 1.72. The summed E-state index contributed by atoms with van der Waals surface area (Å²) in [4.78, 5) is 16.0. The van der Waals surface area contributed by atoms with Crippen molar-refractivity contribution < 1.29 is 4.79 Å². The van der Waals surface area contributed by atoms with Crippen LogP contribution in [0.4, 0.5) is 0 Å². The maximum Gasteiger partial charge on any atom is 0.220 e. The molecule has 2 rings (SSSR count). The van der Waals surface area contributed by atoms with E-state index in [0.717, 1.165) is 37.2 Å². The number of nitrogens with zero attached hydrogens (tertiary/aromatic N) is 1. The zero-order valence-electron chi connectivity index (χ0n) is 10.9. The Labute approximate surface area is 108 Å². The summed E-state index contributed by atoms with van der Waals surface area (Å²) in [6, 6.07) is 3.97. The SMILES string of the molecule is Cc1ccc(CNC(=O)CC2CCNCC2)cn1. The number of rotatable bonds is 4. The normalized spacial score (nSPS) is 16.5. The van der Waals surface area contributed by atoms with Gasteiger partial charge in [0.1, 0.15) is 0 Å². The molecule has 1 aromatic heterocycles. The summed E-state index contributed by atoms with van der Waals surface area (Å²) in [6.45, 7) is 4.62. The van der Waals surface area contributed by atoms with E-state index in [1.807, 2.05) is 25.3 Å². The van der Waals surface area contributed by atoms with Gasteiger partial charge in [0.25, 0.3) is 0 Å². The van der Waals surface area contributed by atoms with Gasteiger partial charge in [0.2, 0.25) is 5.91 Å². The van der Waals surface area contributed by atoms with E-state index in [1.54, 1.807) is 0 Å². The van der Waals surface area contributed by atoms with Crippen molar-refractivity contribution in [2.45, 2.75) is 32.7 Å². The summed E-state index contributed by atoms with van der Waals surface area (Å²) in [5, 5.41) is 6.28. The van der Waals surface area contributed by atoms with Crippen molar-refractivity contribution in [2.24, 2.45) is 5.92 Å². The van der Waals surface area contributed by atoms with Crippen molar-refractivity contribution in [3.63, 3.8) is 0 Å². The Kier molecular flexibility index (Phi) is 4.70. The molecule has 0 spiro atoms. The predicted octanol–water partition coefficient (Wildman–Crippen LogP) is 1.40. The third-order valence-corrected chi connectivity index (χ3v) is 3.40. The molecule has 2 heterocycles. The molecule has 18 heavy (non-hydrogen) atoms. The van der Waals surface area contributed by atoms with Gasteiger partial charge in [-0.1, -0.05) is 6.07 Å². The van der Waals surface area contributed by atoms with E-state index in [1.165, 1.54) is 0 Å². The fourth-order valence-electron chi connectivity index (χ4n) is 2.22. The van der Waals surface area contributed by atoms with Crippen LogP contribution in [0.3, 0.4) is 0 Å². The number of carbonyl (C=O) groups excluding carboxylic acids is 1. The highest BCUT2D eigenvalue weighted by molar-refractivity contribution is 5.76. The molecular weight excluding hydrogens is 226 g/mol. The lowest BCUT2D eigenvalue weighted by Gasteiger charge is -2.21. The number of piperidine rings is 1. The van der Waals surface area contributed by atoms with Gasteiger partial charge in [-0.05, 0) is 50.4 Å². The summed E-state index contributed by atoms with van der Waals surface area (Å²) in [5.74, 6) is 0.699. The highest BCUT2D eigenvalue weighted by atomic mass is 16.1. The smallest absolute Gasteiger partial charge is 0.220 e. The molecule has 1 saturated heterocycles. The van der Waals surface area contributed by atoms with Crippen LogP contribution >= 0.6 is 0 Å². The largest absolute Gasteiger partial charge is 0.352 e. The van der Waals surface area contributed by atoms with E-state index in [0.29, 0.717) is 18.9 Å². The third kappa shape index (κ3) is 4.11. The average Bonchev–Trinajstić information content (AvgIpc) is 2.39. The van der Waals surface area contributed by atoms with Gasteiger partial charge in [0, 0.05) is 24.9 Å². The Hall–Kier alpha value is -1.42. The van der Waals surface area contributed by atoms with Crippen molar-refractivity contribution in [3.05, 3.63) is 29.6 Å². The lowest BCUT2D eigenvalue weighted by molar-refractivity contribution is -0.122. The van der Waals surface area contributed by atoms with Crippen LogP contribution in [0.25, 0.3) is 0 Å². The third-order valence-electron chi connectivity index (χ3n) is 3.40. The maximum absolute atomic E-state index is 11.8. The average molecular weight is 247 g/mol. The summed E-state index contributed by atoms with van der Waals surface area (Å²) in [7, 11) is 0. The first kappa shape index (κ1) is 13.0. The van der Waals surface area contributed by atoms with Crippen molar-refractivity contribution in [3.8, 4) is 0 Å². The molecule has 1 aliphatic rings. The molecule has 0 aliphatic carbocycles. The van der Waals surface area contributed by atoms with Crippen LogP contribution in [-0.4, -0.2) is 24.0 Å². The van der Waals surface area contributed by atoms with Crippen LogP contribution in [0.1, 0.15) is 30.5 Å². The topological polar surface area (TPSA) is 54.0 Å². The summed E-state index contributed by atoms with van der Waals surface area (Å²) in [6.07, 6.45) is 4.69. The van der Waals surface area contributed by atoms with Gasteiger partial charge in [-0.25, -0.2) is 0 Å². The molecule has 1 fully saturated rings. The number of aromatic nitrogens is 1. The lowest BCUT2D eigenvalue weighted by Crippen LogP contribution is -2.32. The summed E-state index contributed by atoms with van der Waals surface area (Å²) in [5.41, 5.74) is 2.05. The summed E-state index contributed by atoms with van der Waals surface area (Å²) < 4.78 is 0. The molecule has 4 nitrogen and oxygen atoms in total. The zero-order chi connectivity index (χ0) is 12.8. The maximum atomic E-state index is 11.8. The molecule has 1 amide bonds. The van der Waals surface area contributed by atoms with E-state index < -0.39 is 0 Å². The van der Waals surface area contributed by atoms with Crippen molar-refractivity contribution in [2.75, 3.05) is 13.1 Å². The molecule has 0 radical (unpaired) electrons. The second kappa shape index (κ2) is 6.50. The van der Waals surface area contributed by atoms with Crippen molar-refractivity contribution in [1.29, 1.82) is 0 Å². The number of carbonyl (C=O) groups is 1. The highest BCUT2D eigenvalue weighted by Crippen LogP contribution is 2.15. The van der Waals surface area contributed by atoms with Gasteiger partial charge in [0.15, 0.2) is 0 Å². The monoisotopic (exact) mass is 247 g/mol. The van der Waals surface area contributed by atoms with E-state index >= 15 is 0 Å². The minimum atomic E-state index is 0.155. The Morgan fingerprint density at radius 1 is 1.44 bits per heavy atom. The van der Waals surface area contributed by atoms with Crippen molar-refractivity contribution >= 4 is 5.91 Å². The minimum absolute atomic E-state index is 0.155. The molecule has 1 aliphatic heterocycles. The van der Waals surface area contributed by atoms with Gasteiger partial charge in [0.05, 0.1) is 0 Å². The first-order valence-corrected chi connectivity index (χ1v) is 6.63. The van der Waals surface area contributed by atoms with Crippen LogP contribution in [0.15, 0.2) is 18.3 Å². The minimum Gasteiger partial charge on any atom is -0.352 e. The Morgan fingerprint density at radius 3 is 2.89 bits per heavy atom. The fraction of sp³-hybridized carbons (Fsp3) is 0.571. The predicted molar refractivity (Wildman–Crippen MR) is 71.0 cm³/mol. The Morgan fingerprint density at radius 2 is 2.22 bits per heavy atom. The molecule has 4 heteroatoms. The first-order valence-electron chi connectivity index (χ1n) is 6.63. The van der Waals surface area contributed by atoms with Gasteiger partial charge < -0.3 is 10.6 Å². The molecule has 98 valence electrons. The second-order valence-electron chi connectivity index (χ2n) is 4.98. The van der Waals surface area contributed by atoms with Gasteiger partial charge in [-0.2, -0.15) is 0 Å². The molecule has 0 bridgehead atoms. The molecule has 1 aromatic rings. The van der Waals surface area contributed by atoms with E-state index in [9.17, 15) is 4.79 Å². The van der Waals surface area contributed by atoms with E-state index in [4.69, 9.17) is 0 Å². The molecule has 0 unspecified atom stereocenters. The number of aryl methyl sites for hydroxylation is 1. The number of pyridine rings is 1. The zero-order valence-corrected chi connectivity index (χ0v) is 10.9. The number of hydrogen-bond acceptors (Lipinski definition) is 3. The standard InChI is InChI=1S/C14H21N3O/c1-11-2-3-13(9-16-11)10-17-14(18)8-12-4-6-15-7-5-12/h2-3,9,12,15H,4-8,10H2,1H3,(H,17,18). The molecule has 0 saturated carbocycles. The fourth-order valence-corrected chi connectivity index (χ4v) is 2.22. The number of nitrogens with one attached hydrogen (secondary N) is 2. The van der Waals surface area contributed by atoms with Gasteiger partial charge in [-0.15, -0.1) is 0 Å². The van der Waals surface area contributed by atoms with Gasteiger partial charge >= 0.3 is 0 Å². The molecule has 0 aromatic carbocycles. The van der Waals surface area contributed by atoms with Crippen LogP contribution in [0, 0.1) is 12.8 Å². The lowest BCUT2D eigenvalue weighted by atomic mass is 9.94. The van der Waals surface area contributed by atoms with E-state index in [2.05, 4.69) is 15.6 Å².